The molecule has 1 amide bonds. The van der Waals surface area contributed by atoms with E-state index in [1.54, 1.807) is 12.1 Å². The van der Waals surface area contributed by atoms with E-state index >= 15 is 0 Å². The highest BCUT2D eigenvalue weighted by molar-refractivity contribution is 5.94. The molecule has 4 heteroatoms. The number of aryl methyl sites for hydroxylation is 1. The number of benzene rings is 1. The van der Waals surface area contributed by atoms with Crippen LogP contribution in [0.3, 0.4) is 0 Å². The summed E-state index contributed by atoms with van der Waals surface area (Å²) in [5, 5.41) is 6.14. The first-order chi connectivity index (χ1) is 9.65. The minimum atomic E-state index is -0.208. The molecule has 1 fully saturated rings. The normalized spacial score (nSPS) is 25.2. The minimum absolute atomic E-state index is 0.0157. The quantitative estimate of drug-likeness (QED) is 0.883. The molecule has 2 N–H and O–H groups in total. The predicted molar refractivity (Wildman–Crippen MR) is 78.4 cm³/mol. The van der Waals surface area contributed by atoms with Crippen LogP contribution in [0.25, 0.3) is 0 Å². The van der Waals surface area contributed by atoms with E-state index in [0.717, 1.165) is 30.0 Å². The molecule has 1 aliphatic carbocycles. The van der Waals surface area contributed by atoms with Crippen LogP contribution < -0.4 is 10.6 Å². The van der Waals surface area contributed by atoms with Crippen LogP contribution in [0.1, 0.15) is 44.6 Å². The van der Waals surface area contributed by atoms with Crippen molar-refractivity contribution in [3.8, 4) is 0 Å². The number of nitrogens with one attached hydrogen (secondary N) is 2. The molecule has 1 aromatic carbocycles. The van der Waals surface area contributed by atoms with Crippen molar-refractivity contribution in [3.05, 3.63) is 23.5 Å². The van der Waals surface area contributed by atoms with Gasteiger partial charge in [-0.25, -0.2) is 4.39 Å². The number of fused-ring (bicyclic) bond motifs is 1. The molecule has 2 aliphatic rings. The monoisotopic (exact) mass is 276 g/mol. The maximum Gasteiger partial charge on any atom is 0.224 e. The lowest BCUT2D eigenvalue weighted by atomic mass is 10.0. The van der Waals surface area contributed by atoms with E-state index in [1.807, 2.05) is 0 Å². The van der Waals surface area contributed by atoms with Crippen molar-refractivity contribution in [1.29, 1.82) is 0 Å². The number of rotatable bonds is 3. The fourth-order valence-corrected chi connectivity index (χ4v) is 3.31. The number of anilines is 2. The minimum Gasteiger partial charge on any atom is -0.380 e. The zero-order valence-corrected chi connectivity index (χ0v) is 11.8. The average molecular weight is 276 g/mol. The van der Waals surface area contributed by atoms with Gasteiger partial charge in [0.15, 0.2) is 0 Å². The highest BCUT2D eigenvalue weighted by atomic mass is 19.1. The topological polar surface area (TPSA) is 41.1 Å². The van der Waals surface area contributed by atoms with Gasteiger partial charge in [0, 0.05) is 18.2 Å². The molecule has 2 unspecified atom stereocenters. The summed E-state index contributed by atoms with van der Waals surface area (Å²) in [4.78, 5) is 11.4. The highest BCUT2D eigenvalue weighted by Crippen LogP contribution is 2.33. The Labute approximate surface area is 118 Å². The van der Waals surface area contributed by atoms with Crippen LogP contribution in [0.4, 0.5) is 15.8 Å². The van der Waals surface area contributed by atoms with Gasteiger partial charge < -0.3 is 10.6 Å². The first kappa shape index (κ1) is 13.4. The van der Waals surface area contributed by atoms with Crippen LogP contribution in [0.5, 0.6) is 0 Å². The smallest absolute Gasteiger partial charge is 0.224 e. The second-order valence-corrected chi connectivity index (χ2v) is 5.97. The highest BCUT2D eigenvalue weighted by Gasteiger charge is 2.25. The van der Waals surface area contributed by atoms with Gasteiger partial charge in [-0.2, -0.15) is 0 Å². The van der Waals surface area contributed by atoms with Gasteiger partial charge in [0.05, 0.1) is 5.69 Å². The van der Waals surface area contributed by atoms with Gasteiger partial charge in [0.1, 0.15) is 5.82 Å². The summed E-state index contributed by atoms with van der Waals surface area (Å²) in [5.41, 5.74) is 2.17. The largest absolute Gasteiger partial charge is 0.380 e. The number of amides is 1. The van der Waals surface area contributed by atoms with Crippen LogP contribution in [-0.2, 0) is 11.2 Å². The van der Waals surface area contributed by atoms with E-state index in [-0.39, 0.29) is 11.7 Å². The van der Waals surface area contributed by atoms with Crippen LogP contribution in [0.2, 0.25) is 0 Å². The molecular weight excluding hydrogens is 255 g/mol. The maximum atomic E-state index is 14.1. The molecule has 3 rings (SSSR count). The van der Waals surface area contributed by atoms with Gasteiger partial charge in [0.25, 0.3) is 0 Å². The molecule has 1 aromatic rings. The first-order valence-electron chi connectivity index (χ1n) is 7.54. The van der Waals surface area contributed by atoms with E-state index in [1.165, 1.54) is 12.8 Å². The van der Waals surface area contributed by atoms with E-state index in [0.29, 0.717) is 24.6 Å². The van der Waals surface area contributed by atoms with E-state index in [2.05, 4.69) is 17.6 Å². The van der Waals surface area contributed by atoms with Gasteiger partial charge in [-0.05, 0) is 49.3 Å². The number of hydrogen-bond donors (Lipinski definition) is 2. The average Bonchev–Trinajstić information content (AvgIpc) is 2.88. The summed E-state index contributed by atoms with van der Waals surface area (Å²) in [6.07, 6.45) is 5.69. The summed E-state index contributed by atoms with van der Waals surface area (Å²) in [7, 11) is 0. The van der Waals surface area contributed by atoms with Crippen molar-refractivity contribution >= 4 is 17.3 Å². The van der Waals surface area contributed by atoms with Gasteiger partial charge in [-0.15, -0.1) is 0 Å². The van der Waals surface area contributed by atoms with Crippen molar-refractivity contribution < 1.29 is 9.18 Å². The number of halogens is 1. The Balaban J connectivity index is 1.76. The third kappa shape index (κ3) is 2.65. The van der Waals surface area contributed by atoms with Crippen LogP contribution >= 0.6 is 0 Å². The SMILES string of the molecule is CCC1CCC(Nc2cc3c(cc2F)CCC(=O)N3)C1. The molecule has 108 valence electrons. The molecule has 0 spiro atoms. The van der Waals surface area contributed by atoms with Crippen LogP contribution in [-0.4, -0.2) is 11.9 Å². The third-order valence-corrected chi connectivity index (χ3v) is 4.57. The molecule has 1 aliphatic heterocycles. The van der Waals surface area contributed by atoms with Crippen molar-refractivity contribution in [2.45, 2.75) is 51.5 Å². The number of carbonyl (C=O) groups is 1. The lowest BCUT2D eigenvalue weighted by Gasteiger charge is -2.21. The van der Waals surface area contributed by atoms with Gasteiger partial charge >= 0.3 is 0 Å². The molecule has 3 nitrogen and oxygen atoms in total. The van der Waals surface area contributed by atoms with Gasteiger partial charge in [-0.1, -0.05) is 13.3 Å². The Morgan fingerprint density at radius 3 is 2.95 bits per heavy atom. The van der Waals surface area contributed by atoms with Crippen LogP contribution in [0, 0.1) is 11.7 Å². The zero-order valence-electron chi connectivity index (χ0n) is 11.8. The van der Waals surface area contributed by atoms with Crippen LogP contribution in [0.15, 0.2) is 12.1 Å². The summed E-state index contributed by atoms with van der Waals surface area (Å²) in [6.45, 7) is 2.21. The second-order valence-electron chi connectivity index (χ2n) is 5.97. The van der Waals surface area contributed by atoms with Crippen molar-refractivity contribution in [3.63, 3.8) is 0 Å². The van der Waals surface area contributed by atoms with E-state index in [9.17, 15) is 9.18 Å². The summed E-state index contributed by atoms with van der Waals surface area (Å²) >= 11 is 0. The Bertz CT molecular complexity index is 529. The Morgan fingerprint density at radius 1 is 1.35 bits per heavy atom. The molecule has 0 saturated heterocycles. The fourth-order valence-electron chi connectivity index (χ4n) is 3.31. The molecule has 0 radical (unpaired) electrons. The lowest BCUT2D eigenvalue weighted by Crippen LogP contribution is -2.21. The molecule has 20 heavy (non-hydrogen) atoms. The van der Waals surface area contributed by atoms with Crippen molar-refractivity contribution in [2.75, 3.05) is 10.6 Å². The fraction of sp³-hybridized carbons (Fsp3) is 0.562. The zero-order chi connectivity index (χ0) is 14.1. The second kappa shape index (κ2) is 5.43. The van der Waals surface area contributed by atoms with E-state index < -0.39 is 0 Å². The lowest BCUT2D eigenvalue weighted by molar-refractivity contribution is -0.116. The van der Waals surface area contributed by atoms with Crippen molar-refractivity contribution in [2.24, 2.45) is 5.92 Å². The predicted octanol–water partition coefficient (Wildman–Crippen LogP) is 3.70. The van der Waals surface area contributed by atoms with E-state index in [4.69, 9.17) is 0 Å². The maximum absolute atomic E-state index is 14.1. The number of hydrogen-bond acceptors (Lipinski definition) is 2. The Kier molecular flexibility index (Phi) is 3.64. The van der Waals surface area contributed by atoms with Gasteiger partial charge in [0.2, 0.25) is 5.91 Å². The molecule has 2 atom stereocenters. The first-order valence-corrected chi connectivity index (χ1v) is 7.54. The molecular formula is C16H21FN2O. The van der Waals surface area contributed by atoms with Gasteiger partial charge in [-0.3, -0.25) is 4.79 Å². The van der Waals surface area contributed by atoms with Crippen molar-refractivity contribution in [1.82, 2.24) is 0 Å². The molecule has 0 bridgehead atoms. The molecule has 0 aromatic heterocycles. The summed E-state index contributed by atoms with van der Waals surface area (Å²) in [6, 6.07) is 3.66. The summed E-state index contributed by atoms with van der Waals surface area (Å²) in [5.74, 6) is 0.565. The third-order valence-electron chi connectivity index (χ3n) is 4.57. The standard InChI is InChI=1S/C16H21FN2O/c1-2-10-3-5-12(7-10)18-15-9-14-11(8-13(15)17)4-6-16(20)19-14/h8-10,12,18H,2-7H2,1H3,(H,19,20). The molecule has 1 saturated carbocycles. The Morgan fingerprint density at radius 2 is 2.20 bits per heavy atom. The molecule has 1 heterocycles. The number of carbonyl (C=O) groups excluding carboxylic acids is 1. The Hall–Kier alpha value is -1.58. The summed E-state index contributed by atoms with van der Waals surface area (Å²) < 4.78 is 14.1.